The van der Waals surface area contributed by atoms with E-state index in [4.69, 9.17) is 9.47 Å². The molecule has 2 atom stereocenters. The summed E-state index contributed by atoms with van der Waals surface area (Å²) in [5.74, 6) is -0.445. The number of carbonyl (C=O) groups is 2. The minimum absolute atomic E-state index is 0.0459. The topological polar surface area (TPSA) is 72.8 Å². The molecule has 1 aliphatic carbocycles. The van der Waals surface area contributed by atoms with E-state index < -0.39 is 6.10 Å². The largest absolute Gasteiger partial charge is 0.507 e. The van der Waals surface area contributed by atoms with Crippen LogP contribution in [0.15, 0.2) is 23.3 Å². The summed E-state index contributed by atoms with van der Waals surface area (Å²) in [5.41, 5.74) is 1.11. The predicted molar refractivity (Wildman–Crippen MR) is 75.0 cm³/mol. The number of carbonyl (C=O) groups excluding carboxylic acids is 2. The first-order chi connectivity index (χ1) is 9.93. The van der Waals surface area contributed by atoms with Gasteiger partial charge in [-0.3, -0.25) is 9.59 Å². The number of fused-ring (bicyclic) bond motifs is 1. The van der Waals surface area contributed by atoms with Gasteiger partial charge in [0.15, 0.2) is 11.6 Å². The van der Waals surface area contributed by atoms with Gasteiger partial charge >= 0.3 is 0 Å². The molecule has 0 aromatic heterocycles. The molecule has 0 saturated carbocycles. The molecule has 0 amide bonds. The Morgan fingerprint density at radius 2 is 1.95 bits per heavy atom. The van der Waals surface area contributed by atoms with E-state index in [2.05, 4.69) is 0 Å². The molecule has 0 unspecified atom stereocenters. The molecule has 2 aliphatic rings. The van der Waals surface area contributed by atoms with Crippen molar-refractivity contribution in [2.45, 2.75) is 32.5 Å². The monoisotopic (exact) mass is 288 g/mol. The molecule has 1 heterocycles. The summed E-state index contributed by atoms with van der Waals surface area (Å²) in [6, 6.07) is 2.84. The SMILES string of the molecule is COc1cc(O)c2c(c1)C(=O)C1=C(C2=O)[C@@H](C)O[C@H](C)C1. The molecule has 0 saturated heterocycles. The van der Waals surface area contributed by atoms with Crippen molar-refractivity contribution in [3.63, 3.8) is 0 Å². The number of hydrogen-bond acceptors (Lipinski definition) is 5. The number of phenolic OH excluding ortho intramolecular Hbond substituents is 1. The molecule has 21 heavy (non-hydrogen) atoms. The van der Waals surface area contributed by atoms with Gasteiger partial charge in [0, 0.05) is 29.2 Å². The highest BCUT2D eigenvalue weighted by Gasteiger charge is 2.40. The molecule has 1 aromatic carbocycles. The quantitative estimate of drug-likeness (QED) is 0.858. The number of phenols is 1. The molecule has 5 nitrogen and oxygen atoms in total. The summed E-state index contributed by atoms with van der Waals surface area (Å²) in [5, 5.41) is 10.1. The standard InChI is InChI=1S/C16H16O5/c1-7-4-10-13(8(2)21-7)16(19)14-11(15(10)18)5-9(20-3)6-12(14)17/h5-8,17H,4H2,1-3H3/t7-,8-/m1/s1. The Balaban J connectivity index is 2.23. The second kappa shape index (κ2) is 4.70. The Labute approximate surface area is 122 Å². The first kappa shape index (κ1) is 13.8. The zero-order valence-electron chi connectivity index (χ0n) is 12.1. The van der Waals surface area contributed by atoms with E-state index >= 15 is 0 Å². The lowest BCUT2D eigenvalue weighted by Crippen LogP contribution is -2.36. The van der Waals surface area contributed by atoms with Crippen molar-refractivity contribution in [2.75, 3.05) is 7.11 Å². The van der Waals surface area contributed by atoms with E-state index in [1.807, 2.05) is 6.92 Å². The number of Topliss-reactive ketones (excluding diaryl/α,β-unsaturated/α-hetero) is 2. The molecule has 1 N–H and O–H groups in total. The third kappa shape index (κ3) is 1.96. The minimum Gasteiger partial charge on any atom is -0.507 e. The average molecular weight is 288 g/mol. The highest BCUT2D eigenvalue weighted by molar-refractivity contribution is 6.28. The van der Waals surface area contributed by atoms with E-state index in [9.17, 15) is 14.7 Å². The van der Waals surface area contributed by atoms with Crippen molar-refractivity contribution < 1.29 is 24.2 Å². The van der Waals surface area contributed by atoms with Crippen molar-refractivity contribution in [1.82, 2.24) is 0 Å². The van der Waals surface area contributed by atoms with Crippen molar-refractivity contribution in [3.05, 3.63) is 34.4 Å². The number of methoxy groups -OCH3 is 1. The fourth-order valence-corrected chi connectivity index (χ4v) is 3.08. The van der Waals surface area contributed by atoms with E-state index in [1.54, 1.807) is 6.92 Å². The lowest BCUT2D eigenvalue weighted by Gasteiger charge is -2.32. The maximum Gasteiger partial charge on any atom is 0.196 e. The van der Waals surface area contributed by atoms with Crippen LogP contribution < -0.4 is 4.74 Å². The smallest absolute Gasteiger partial charge is 0.196 e. The van der Waals surface area contributed by atoms with Gasteiger partial charge in [-0.05, 0) is 19.9 Å². The maximum absolute atomic E-state index is 12.7. The normalized spacial score (nSPS) is 24.7. The van der Waals surface area contributed by atoms with Crippen molar-refractivity contribution in [3.8, 4) is 11.5 Å². The van der Waals surface area contributed by atoms with Gasteiger partial charge in [0.1, 0.15) is 11.5 Å². The lowest BCUT2D eigenvalue weighted by atomic mass is 9.78. The summed E-state index contributed by atoms with van der Waals surface area (Å²) in [7, 11) is 1.44. The molecule has 3 rings (SSSR count). The van der Waals surface area contributed by atoms with Crippen molar-refractivity contribution >= 4 is 11.6 Å². The zero-order chi connectivity index (χ0) is 15.3. The number of aromatic hydroxyl groups is 1. The Morgan fingerprint density at radius 3 is 2.62 bits per heavy atom. The highest BCUT2D eigenvalue weighted by atomic mass is 16.5. The number of ether oxygens (including phenoxy) is 2. The van der Waals surface area contributed by atoms with Gasteiger partial charge in [-0.2, -0.15) is 0 Å². The number of benzene rings is 1. The Kier molecular flexibility index (Phi) is 3.10. The van der Waals surface area contributed by atoms with Crippen LogP contribution in [0.2, 0.25) is 0 Å². The van der Waals surface area contributed by atoms with Crippen LogP contribution in [0, 0.1) is 0 Å². The first-order valence-electron chi connectivity index (χ1n) is 6.83. The minimum atomic E-state index is -0.449. The van der Waals surface area contributed by atoms with Crippen LogP contribution in [0.5, 0.6) is 11.5 Å². The summed E-state index contributed by atoms with van der Waals surface area (Å²) in [6.45, 7) is 3.62. The van der Waals surface area contributed by atoms with Crippen LogP contribution >= 0.6 is 0 Å². The number of hydrogen-bond donors (Lipinski definition) is 1. The van der Waals surface area contributed by atoms with Crippen molar-refractivity contribution in [1.29, 1.82) is 0 Å². The molecule has 0 fully saturated rings. The van der Waals surface area contributed by atoms with Gasteiger partial charge in [0.05, 0.1) is 24.9 Å². The molecule has 1 aromatic rings. The van der Waals surface area contributed by atoms with Crippen LogP contribution in [0.1, 0.15) is 41.0 Å². The van der Waals surface area contributed by atoms with Gasteiger partial charge in [-0.15, -0.1) is 0 Å². The number of ketones is 2. The van der Waals surface area contributed by atoms with E-state index in [0.29, 0.717) is 23.3 Å². The molecule has 0 spiro atoms. The van der Waals surface area contributed by atoms with Crippen LogP contribution in [-0.2, 0) is 4.74 Å². The highest BCUT2D eigenvalue weighted by Crippen LogP contribution is 2.40. The van der Waals surface area contributed by atoms with Crippen molar-refractivity contribution in [2.24, 2.45) is 0 Å². The summed E-state index contributed by atoms with van der Waals surface area (Å²) >= 11 is 0. The average Bonchev–Trinajstić information content (AvgIpc) is 2.43. The van der Waals surface area contributed by atoms with E-state index in [-0.39, 0.29) is 34.5 Å². The van der Waals surface area contributed by atoms with Gasteiger partial charge in [0.2, 0.25) is 0 Å². The molecule has 5 heteroatoms. The molecule has 1 aliphatic heterocycles. The summed E-state index contributed by atoms with van der Waals surface area (Å²) in [6.07, 6.45) is -0.159. The fraction of sp³-hybridized carbons (Fsp3) is 0.375. The van der Waals surface area contributed by atoms with Crippen LogP contribution in [0.25, 0.3) is 0 Å². The van der Waals surface area contributed by atoms with E-state index in [1.165, 1.54) is 19.2 Å². The molecular weight excluding hydrogens is 272 g/mol. The van der Waals surface area contributed by atoms with Gasteiger partial charge in [0.25, 0.3) is 0 Å². The molecule has 0 bridgehead atoms. The van der Waals surface area contributed by atoms with Gasteiger partial charge in [-0.25, -0.2) is 0 Å². The van der Waals surface area contributed by atoms with Crippen LogP contribution in [0.4, 0.5) is 0 Å². The first-order valence-corrected chi connectivity index (χ1v) is 6.83. The Morgan fingerprint density at radius 1 is 1.24 bits per heavy atom. The van der Waals surface area contributed by atoms with Gasteiger partial charge < -0.3 is 14.6 Å². The fourth-order valence-electron chi connectivity index (χ4n) is 3.08. The number of rotatable bonds is 1. The van der Waals surface area contributed by atoms with Crippen LogP contribution in [0.3, 0.4) is 0 Å². The maximum atomic E-state index is 12.7. The zero-order valence-corrected chi connectivity index (χ0v) is 12.1. The summed E-state index contributed by atoms with van der Waals surface area (Å²) in [4.78, 5) is 25.3. The summed E-state index contributed by atoms with van der Waals surface area (Å²) < 4.78 is 10.7. The predicted octanol–water partition coefficient (Wildman–Crippen LogP) is 2.27. The van der Waals surface area contributed by atoms with Crippen LogP contribution in [-0.4, -0.2) is 36.0 Å². The third-order valence-electron chi connectivity index (χ3n) is 3.98. The third-order valence-corrected chi connectivity index (χ3v) is 3.98. The van der Waals surface area contributed by atoms with Gasteiger partial charge in [-0.1, -0.05) is 0 Å². The lowest BCUT2D eigenvalue weighted by molar-refractivity contribution is 0.0148. The Hall–Kier alpha value is -2.14. The van der Waals surface area contributed by atoms with E-state index in [0.717, 1.165) is 0 Å². The molecule has 0 radical (unpaired) electrons. The molecular formula is C16H16O5. The molecule has 110 valence electrons. The Bertz CT molecular complexity index is 686. The second-order valence-corrected chi connectivity index (χ2v) is 5.41. The second-order valence-electron chi connectivity index (χ2n) is 5.41.